The minimum atomic E-state index is -0.160. The van der Waals surface area contributed by atoms with E-state index < -0.39 is 0 Å². The van der Waals surface area contributed by atoms with Gasteiger partial charge < -0.3 is 10.6 Å². The first-order valence-corrected chi connectivity index (χ1v) is 6.27. The van der Waals surface area contributed by atoms with Gasteiger partial charge in [0.05, 0.1) is 6.54 Å². The highest BCUT2D eigenvalue weighted by atomic mass is 35.5. The monoisotopic (exact) mass is 285 g/mol. The van der Waals surface area contributed by atoms with Gasteiger partial charge >= 0.3 is 0 Å². The number of halogens is 2. The summed E-state index contributed by atoms with van der Waals surface area (Å²) >= 11 is 1.50. The molecule has 0 unspecified atom stereocenters. The lowest BCUT2D eigenvalue weighted by Gasteiger charge is -2.17. The van der Waals surface area contributed by atoms with Crippen molar-refractivity contribution in [1.29, 1.82) is 0 Å². The molecular formula is C12H13ClFN3S. The van der Waals surface area contributed by atoms with Crippen molar-refractivity contribution in [2.24, 2.45) is 0 Å². The molecule has 0 saturated heterocycles. The Morgan fingerprint density at radius 1 is 1.44 bits per heavy atom. The van der Waals surface area contributed by atoms with Gasteiger partial charge in [-0.05, 0) is 30.2 Å². The van der Waals surface area contributed by atoms with Gasteiger partial charge in [-0.25, -0.2) is 9.37 Å². The Kier molecular flexibility index (Phi) is 3.73. The molecule has 0 bridgehead atoms. The first-order valence-electron chi connectivity index (χ1n) is 5.46. The van der Waals surface area contributed by atoms with Gasteiger partial charge in [0.15, 0.2) is 5.13 Å². The molecule has 0 amide bonds. The normalized spacial score (nSPS) is 13.3. The molecule has 2 heterocycles. The van der Waals surface area contributed by atoms with E-state index in [-0.39, 0.29) is 18.2 Å². The molecule has 1 aromatic heterocycles. The van der Waals surface area contributed by atoms with Gasteiger partial charge in [-0.1, -0.05) is 0 Å². The summed E-state index contributed by atoms with van der Waals surface area (Å²) in [5, 5.41) is 0.596. The maximum atomic E-state index is 13.1. The number of nitrogens with zero attached hydrogens (tertiary/aromatic N) is 2. The topological polar surface area (TPSA) is 42.1 Å². The Balaban J connectivity index is 0.00000120. The van der Waals surface area contributed by atoms with Crippen molar-refractivity contribution < 1.29 is 4.39 Å². The molecule has 0 saturated carbocycles. The van der Waals surface area contributed by atoms with Gasteiger partial charge in [-0.2, -0.15) is 0 Å². The molecule has 3 nitrogen and oxygen atoms in total. The van der Waals surface area contributed by atoms with Crippen LogP contribution < -0.4 is 10.6 Å². The van der Waals surface area contributed by atoms with E-state index in [2.05, 4.69) is 9.88 Å². The third kappa shape index (κ3) is 2.42. The fourth-order valence-corrected chi connectivity index (χ4v) is 2.89. The zero-order chi connectivity index (χ0) is 11.8. The number of thiazole rings is 1. The minimum Gasteiger partial charge on any atom is -0.375 e. The summed E-state index contributed by atoms with van der Waals surface area (Å²) in [5.74, 6) is -0.160. The van der Waals surface area contributed by atoms with E-state index in [4.69, 9.17) is 5.73 Å². The number of rotatable bonds is 2. The maximum absolute atomic E-state index is 13.1. The van der Waals surface area contributed by atoms with Gasteiger partial charge in [-0.3, -0.25) is 0 Å². The van der Waals surface area contributed by atoms with Crippen LogP contribution in [0.1, 0.15) is 10.4 Å². The standard InChI is InChI=1S/C12H12FN3S.ClH/c13-9-1-2-11-8(5-9)3-4-16(11)7-10-6-15-12(14)17-10;/h1-2,5-6H,3-4,7H2,(H2,14,15);1H. The van der Waals surface area contributed by atoms with Crippen LogP contribution in [0.2, 0.25) is 0 Å². The molecular weight excluding hydrogens is 273 g/mol. The Hall–Kier alpha value is -1.33. The number of nitrogen functional groups attached to an aromatic ring is 1. The van der Waals surface area contributed by atoms with Gasteiger partial charge in [0.2, 0.25) is 0 Å². The fraction of sp³-hybridized carbons (Fsp3) is 0.250. The Labute approximate surface area is 115 Å². The lowest BCUT2D eigenvalue weighted by atomic mass is 10.2. The average molecular weight is 286 g/mol. The molecule has 1 aliphatic heterocycles. The number of fused-ring (bicyclic) bond motifs is 1. The molecule has 96 valence electrons. The highest BCUT2D eigenvalue weighted by Crippen LogP contribution is 2.30. The van der Waals surface area contributed by atoms with E-state index >= 15 is 0 Å². The molecule has 2 N–H and O–H groups in total. The predicted octanol–water partition coefficient (Wildman–Crippen LogP) is 2.85. The van der Waals surface area contributed by atoms with Crippen LogP contribution >= 0.6 is 23.7 Å². The van der Waals surface area contributed by atoms with Crippen LogP contribution in [-0.4, -0.2) is 11.5 Å². The van der Waals surface area contributed by atoms with Gasteiger partial charge in [0.1, 0.15) is 5.82 Å². The SMILES string of the molecule is Cl.Nc1ncc(CN2CCc3cc(F)ccc32)s1. The fourth-order valence-electron chi connectivity index (χ4n) is 2.19. The first kappa shape index (κ1) is 13.1. The number of nitrogens with two attached hydrogens (primary N) is 1. The zero-order valence-electron chi connectivity index (χ0n) is 9.60. The van der Waals surface area contributed by atoms with Crippen LogP contribution in [0, 0.1) is 5.82 Å². The van der Waals surface area contributed by atoms with Crippen LogP contribution in [0.25, 0.3) is 0 Å². The molecule has 0 spiro atoms. The van der Waals surface area contributed by atoms with Crippen LogP contribution in [-0.2, 0) is 13.0 Å². The maximum Gasteiger partial charge on any atom is 0.180 e. The lowest BCUT2D eigenvalue weighted by molar-refractivity contribution is 0.626. The molecule has 0 aliphatic carbocycles. The third-order valence-electron chi connectivity index (χ3n) is 2.95. The Morgan fingerprint density at radius 3 is 3.00 bits per heavy atom. The summed E-state index contributed by atoms with van der Waals surface area (Å²) in [4.78, 5) is 7.41. The number of benzene rings is 1. The quantitative estimate of drug-likeness (QED) is 0.922. The van der Waals surface area contributed by atoms with E-state index in [0.717, 1.165) is 35.6 Å². The Morgan fingerprint density at radius 2 is 2.28 bits per heavy atom. The largest absolute Gasteiger partial charge is 0.375 e. The molecule has 1 aromatic carbocycles. The van der Waals surface area contributed by atoms with Crippen LogP contribution in [0.5, 0.6) is 0 Å². The smallest absolute Gasteiger partial charge is 0.180 e. The van der Waals surface area contributed by atoms with Crippen molar-refractivity contribution in [3.05, 3.63) is 40.7 Å². The van der Waals surface area contributed by atoms with E-state index in [1.165, 1.54) is 17.4 Å². The molecule has 2 aromatic rings. The molecule has 0 radical (unpaired) electrons. The average Bonchev–Trinajstić information content (AvgIpc) is 2.86. The van der Waals surface area contributed by atoms with E-state index in [1.807, 2.05) is 12.3 Å². The van der Waals surface area contributed by atoms with Crippen LogP contribution in [0.3, 0.4) is 0 Å². The molecule has 0 atom stereocenters. The highest BCUT2D eigenvalue weighted by molar-refractivity contribution is 7.15. The second kappa shape index (κ2) is 5.12. The predicted molar refractivity (Wildman–Crippen MR) is 74.9 cm³/mol. The first-order chi connectivity index (χ1) is 8.22. The summed E-state index contributed by atoms with van der Waals surface area (Å²) in [7, 11) is 0. The number of hydrogen-bond acceptors (Lipinski definition) is 4. The summed E-state index contributed by atoms with van der Waals surface area (Å²) in [5.41, 5.74) is 7.82. The van der Waals surface area contributed by atoms with Gasteiger partial charge in [0.25, 0.3) is 0 Å². The number of aromatic nitrogens is 1. The molecule has 6 heteroatoms. The highest BCUT2D eigenvalue weighted by Gasteiger charge is 2.20. The summed E-state index contributed by atoms with van der Waals surface area (Å²) in [6, 6.07) is 4.98. The van der Waals surface area contributed by atoms with E-state index in [9.17, 15) is 4.39 Å². The Bertz CT molecular complexity index is 558. The van der Waals surface area contributed by atoms with Gasteiger partial charge in [0, 0.05) is 23.3 Å². The molecule has 3 rings (SSSR count). The molecule has 0 fully saturated rings. The second-order valence-corrected chi connectivity index (χ2v) is 5.26. The van der Waals surface area contributed by atoms with Gasteiger partial charge in [-0.15, -0.1) is 23.7 Å². The van der Waals surface area contributed by atoms with Crippen molar-refractivity contribution in [1.82, 2.24) is 4.98 Å². The van der Waals surface area contributed by atoms with Crippen molar-refractivity contribution >= 4 is 34.6 Å². The third-order valence-corrected chi connectivity index (χ3v) is 3.76. The summed E-state index contributed by atoms with van der Waals surface area (Å²) in [6.45, 7) is 1.73. The van der Waals surface area contributed by atoms with Crippen molar-refractivity contribution in [3.8, 4) is 0 Å². The van der Waals surface area contributed by atoms with Crippen molar-refractivity contribution in [2.45, 2.75) is 13.0 Å². The number of anilines is 2. The zero-order valence-corrected chi connectivity index (χ0v) is 11.2. The molecule has 1 aliphatic rings. The van der Waals surface area contributed by atoms with E-state index in [1.54, 1.807) is 6.07 Å². The summed E-state index contributed by atoms with van der Waals surface area (Å²) < 4.78 is 13.1. The van der Waals surface area contributed by atoms with Crippen molar-refractivity contribution in [2.75, 3.05) is 17.2 Å². The molecule has 18 heavy (non-hydrogen) atoms. The van der Waals surface area contributed by atoms with Crippen molar-refractivity contribution in [3.63, 3.8) is 0 Å². The van der Waals surface area contributed by atoms with Crippen LogP contribution in [0.4, 0.5) is 15.2 Å². The minimum absolute atomic E-state index is 0. The lowest BCUT2D eigenvalue weighted by Crippen LogP contribution is -2.18. The number of hydrogen-bond donors (Lipinski definition) is 1. The van der Waals surface area contributed by atoms with E-state index in [0.29, 0.717) is 5.13 Å². The second-order valence-electron chi connectivity index (χ2n) is 4.11. The summed E-state index contributed by atoms with van der Waals surface area (Å²) in [6.07, 6.45) is 2.71. The van der Waals surface area contributed by atoms with Crippen LogP contribution in [0.15, 0.2) is 24.4 Å².